The van der Waals surface area contributed by atoms with Crippen LogP contribution in [-0.4, -0.2) is 135 Å². The van der Waals surface area contributed by atoms with E-state index in [4.69, 9.17) is 40.0 Å². The van der Waals surface area contributed by atoms with Crippen LogP contribution in [0.25, 0.3) is 0 Å². The number of carbonyl (C=O) groups excluding carboxylic acids is 1. The second kappa shape index (κ2) is 27.8. The van der Waals surface area contributed by atoms with E-state index in [0.29, 0.717) is 38.9 Å². The number of anilines is 2. The summed E-state index contributed by atoms with van der Waals surface area (Å²) in [7, 11) is 0. The molecule has 2 aromatic rings. The van der Waals surface area contributed by atoms with Gasteiger partial charge in [-0.15, -0.1) is 11.6 Å². The van der Waals surface area contributed by atoms with Gasteiger partial charge in [-0.2, -0.15) is 0 Å². The molecule has 0 atom stereocenters. The van der Waals surface area contributed by atoms with Gasteiger partial charge < -0.3 is 59.1 Å². The summed E-state index contributed by atoms with van der Waals surface area (Å²) in [6, 6.07) is 10.7. The third-order valence-corrected chi connectivity index (χ3v) is 7.82. The molecule has 2 rings (SSSR count). The maximum atomic E-state index is 12.6. The zero-order chi connectivity index (χ0) is 40.3. The number of carbonyl (C=O) groups is 5. The van der Waals surface area contributed by atoms with Crippen molar-refractivity contribution >= 4 is 52.8 Å². The van der Waals surface area contributed by atoms with Crippen LogP contribution in [0.3, 0.4) is 0 Å². The lowest BCUT2D eigenvalue weighted by Crippen LogP contribution is -2.34. The van der Waals surface area contributed by atoms with Gasteiger partial charge in [0.1, 0.15) is 44.4 Å². The largest absolute Gasteiger partial charge is 0.490 e. The first kappa shape index (κ1) is 46.5. The Balaban J connectivity index is 1.89. The molecule has 17 nitrogen and oxygen atoms in total. The summed E-state index contributed by atoms with van der Waals surface area (Å²) >= 11 is 5.65. The van der Waals surface area contributed by atoms with Crippen LogP contribution >= 0.6 is 11.6 Å². The molecular formula is C37H51ClN2O15. The Morgan fingerprint density at radius 1 is 0.618 bits per heavy atom. The highest BCUT2D eigenvalue weighted by Crippen LogP contribution is 2.34. The lowest BCUT2D eigenvalue weighted by molar-refractivity contribution is -0.140. The normalized spacial score (nSPS) is 10.9. The quantitative estimate of drug-likeness (QED) is 0.0508. The highest BCUT2D eigenvalue weighted by molar-refractivity contribution is 6.17. The van der Waals surface area contributed by atoms with Gasteiger partial charge in [-0.05, 0) is 43.2 Å². The first-order valence-electron chi connectivity index (χ1n) is 17.8. The minimum Gasteiger partial charge on any atom is -0.490 e. The monoisotopic (exact) mass is 798 g/mol. The number of hydrogen-bond donors (Lipinski definition) is 5. The van der Waals surface area contributed by atoms with Crippen molar-refractivity contribution in [3.63, 3.8) is 0 Å². The summed E-state index contributed by atoms with van der Waals surface area (Å²) in [5, 5.41) is 40.2. The number of unbranched alkanes of at least 4 members (excludes halogenated alkanes) is 3. The van der Waals surface area contributed by atoms with Gasteiger partial charge in [0.2, 0.25) is 5.91 Å². The van der Waals surface area contributed by atoms with Crippen LogP contribution in [0.4, 0.5) is 11.4 Å². The molecule has 0 unspecified atom stereocenters. The molecule has 0 aliphatic carbocycles. The molecule has 18 heteroatoms. The van der Waals surface area contributed by atoms with E-state index < -0.39 is 61.6 Å². The molecule has 0 aliphatic heterocycles. The van der Waals surface area contributed by atoms with Crippen molar-refractivity contribution in [2.24, 2.45) is 0 Å². The standard InChI is InChI=1S/C37H51ClN2O15/c38-11-5-1-2-6-12-50-13-14-51-15-16-52-17-18-53-26-33(41)39-28-9-10-31(29(23-28)27(21-34(42)43)22-35(44)45)54-19-20-55-32-8-4-3-7-30(32)40(24-36(46)47)25-37(48)49/h3-4,7-10,23,27H,1-2,5-6,11-22,24-26H2,(H,39,41)(H,42,43)(H,44,45)(H,46,47)(H,48,49). The minimum absolute atomic E-state index is 0.106. The van der Waals surface area contributed by atoms with E-state index in [0.717, 1.165) is 30.6 Å². The second-order valence-electron chi connectivity index (χ2n) is 12.0. The van der Waals surface area contributed by atoms with E-state index in [-0.39, 0.29) is 61.5 Å². The van der Waals surface area contributed by atoms with Gasteiger partial charge in [0.15, 0.2) is 0 Å². The third-order valence-electron chi connectivity index (χ3n) is 7.55. The highest BCUT2D eigenvalue weighted by atomic mass is 35.5. The Hall–Kier alpha value is -4.68. The summed E-state index contributed by atoms with van der Waals surface area (Å²) in [5.41, 5.74) is 0.705. The number of halogens is 1. The number of hydrogen-bond acceptors (Lipinski definition) is 12. The van der Waals surface area contributed by atoms with Crippen molar-refractivity contribution in [2.45, 2.75) is 44.4 Å². The van der Waals surface area contributed by atoms with Crippen molar-refractivity contribution < 1.29 is 72.8 Å². The number of nitrogens with zero attached hydrogens (tertiary/aromatic N) is 1. The molecule has 5 N–H and O–H groups in total. The molecule has 0 aromatic heterocycles. The highest BCUT2D eigenvalue weighted by Gasteiger charge is 2.24. The predicted molar refractivity (Wildman–Crippen MR) is 200 cm³/mol. The van der Waals surface area contributed by atoms with Gasteiger partial charge in [0, 0.05) is 29.7 Å². The second-order valence-corrected chi connectivity index (χ2v) is 12.4. The van der Waals surface area contributed by atoms with Crippen LogP contribution in [-0.2, 0) is 42.9 Å². The molecule has 0 radical (unpaired) electrons. The lowest BCUT2D eigenvalue weighted by Gasteiger charge is -2.23. The van der Waals surface area contributed by atoms with E-state index >= 15 is 0 Å². The molecule has 2 aromatic carbocycles. The van der Waals surface area contributed by atoms with Crippen molar-refractivity contribution in [2.75, 3.05) is 95.3 Å². The Bertz CT molecular complexity index is 1450. The zero-order valence-electron chi connectivity index (χ0n) is 30.7. The van der Waals surface area contributed by atoms with E-state index in [1.807, 2.05) is 0 Å². The molecule has 306 valence electrons. The molecule has 1 amide bonds. The van der Waals surface area contributed by atoms with Crippen LogP contribution in [0.1, 0.15) is 50.0 Å². The number of nitrogens with one attached hydrogen (secondary N) is 1. The molecular weight excluding hydrogens is 748 g/mol. The number of rotatable bonds is 33. The average molecular weight is 799 g/mol. The summed E-state index contributed by atoms with van der Waals surface area (Å²) < 4.78 is 33.5. The van der Waals surface area contributed by atoms with Gasteiger partial charge in [0.25, 0.3) is 0 Å². The van der Waals surface area contributed by atoms with Gasteiger partial charge >= 0.3 is 23.9 Å². The van der Waals surface area contributed by atoms with Crippen LogP contribution in [0.5, 0.6) is 11.5 Å². The topological polar surface area (TPSA) is 237 Å². The van der Waals surface area contributed by atoms with Gasteiger partial charge in [0.05, 0.1) is 58.2 Å². The fourth-order valence-electron chi connectivity index (χ4n) is 5.16. The Kier molecular flexibility index (Phi) is 23.5. The van der Waals surface area contributed by atoms with Crippen molar-refractivity contribution in [3.8, 4) is 11.5 Å². The van der Waals surface area contributed by atoms with Crippen LogP contribution in [0.2, 0.25) is 0 Å². The summed E-state index contributed by atoms with van der Waals surface area (Å²) in [5.74, 6) is -5.46. The first-order chi connectivity index (χ1) is 26.5. The van der Waals surface area contributed by atoms with Crippen LogP contribution in [0, 0.1) is 0 Å². The number of para-hydroxylation sites is 2. The van der Waals surface area contributed by atoms with Gasteiger partial charge in [-0.1, -0.05) is 25.0 Å². The molecule has 55 heavy (non-hydrogen) atoms. The number of alkyl halides is 1. The molecule has 0 fully saturated rings. The maximum Gasteiger partial charge on any atom is 0.323 e. The molecule has 0 saturated carbocycles. The molecule has 0 saturated heterocycles. The average Bonchev–Trinajstić information content (AvgIpc) is 3.12. The smallest absolute Gasteiger partial charge is 0.323 e. The molecule has 0 aliphatic rings. The summed E-state index contributed by atoms with van der Waals surface area (Å²) in [6.45, 7) is 1.05. The van der Waals surface area contributed by atoms with E-state index in [9.17, 15) is 44.4 Å². The molecule has 0 spiro atoms. The summed E-state index contributed by atoms with van der Waals surface area (Å²) in [4.78, 5) is 59.7. The first-order valence-corrected chi connectivity index (χ1v) is 18.3. The van der Waals surface area contributed by atoms with E-state index in [1.54, 1.807) is 12.1 Å². The number of ether oxygens (including phenoxy) is 6. The van der Waals surface area contributed by atoms with Crippen LogP contribution in [0.15, 0.2) is 42.5 Å². The van der Waals surface area contributed by atoms with Crippen molar-refractivity contribution in [1.29, 1.82) is 0 Å². The van der Waals surface area contributed by atoms with Gasteiger partial charge in [-0.25, -0.2) is 0 Å². The summed E-state index contributed by atoms with van der Waals surface area (Å²) in [6.07, 6.45) is 3.14. The Morgan fingerprint density at radius 3 is 1.75 bits per heavy atom. The number of amides is 1. The number of carboxylic acids is 4. The van der Waals surface area contributed by atoms with E-state index in [1.165, 1.54) is 30.3 Å². The van der Waals surface area contributed by atoms with Crippen molar-refractivity contribution in [3.05, 3.63) is 48.0 Å². The fraction of sp³-hybridized carbons (Fsp3) is 0.541. The Labute approximate surface area is 324 Å². The predicted octanol–water partition coefficient (Wildman–Crippen LogP) is 3.96. The van der Waals surface area contributed by atoms with Crippen molar-refractivity contribution in [1.82, 2.24) is 0 Å². The fourth-order valence-corrected chi connectivity index (χ4v) is 5.35. The lowest BCUT2D eigenvalue weighted by atomic mass is 9.91. The van der Waals surface area contributed by atoms with Crippen LogP contribution < -0.4 is 19.7 Å². The number of carboxylic acid groups (broad SMARTS) is 4. The minimum atomic E-state index is -1.24. The number of aliphatic carboxylic acids is 4. The van der Waals surface area contributed by atoms with E-state index in [2.05, 4.69) is 5.32 Å². The third kappa shape index (κ3) is 21.1. The molecule has 0 heterocycles. The Morgan fingerprint density at radius 2 is 1.16 bits per heavy atom. The molecule has 0 bridgehead atoms. The maximum absolute atomic E-state index is 12.6. The zero-order valence-corrected chi connectivity index (χ0v) is 31.4. The SMILES string of the molecule is O=C(O)CC(CC(=O)O)c1cc(NC(=O)COCCOCCOCCOCCCCCCCl)ccc1OCCOc1ccccc1N(CC(=O)O)CC(=O)O. The van der Waals surface area contributed by atoms with Gasteiger partial charge in [-0.3, -0.25) is 24.0 Å². The number of benzene rings is 2.